The molecule has 3 heterocycles. The monoisotopic (exact) mass is 762 g/mol. The number of hydrogen-bond donors (Lipinski definition) is 2. The normalized spacial score (nSPS) is 15.3. The van der Waals surface area contributed by atoms with E-state index in [1.807, 2.05) is 65.4 Å². The second-order valence-electron chi connectivity index (χ2n) is 13.1. The van der Waals surface area contributed by atoms with E-state index < -0.39 is 17.6 Å². The Kier molecular flexibility index (Phi) is 11.0. The topological polar surface area (TPSA) is 129 Å². The molecule has 14 heteroatoms. The molecular weight excluding hydrogens is 725 g/mol. The third-order valence-corrected chi connectivity index (χ3v) is 9.49. The third-order valence-electron chi connectivity index (χ3n) is 9.49. The molecule has 0 saturated heterocycles. The Morgan fingerprint density at radius 1 is 0.911 bits per heavy atom. The van der Waals surface area contributed by atoms with Crippen molar-refractivity contribution >= 4 is 34.4 Å². The number of aromatic nitrogens is 4. The second kappa shape index (κ2) is 16.3. The minimum absolute atomic E-state index is 0.184. The molecule has 2 atom stereocenters. The number of rotatable bonds is 12. The molecule has 6 aromatic rings. The molecular formula is C42H37F3N6O5. The summed E-state index contributed by atoms with van der Waals surface area (Å²) in [6, 6.07) is 24.8. The van der Waals surface area contributed by atoms with Crippen LogP contribution in [0, 0.1) is 5.92 Å². The summed E-state index contributed by atoms with van der Waals surface area (Å²) in [4.78, 5) is 34.9. The van der Waals surface area contributed by atoms with E-state index >= 15 is 0 Å². The summed E-state index contributed by atoms with van der Waals surface area (Å²) in [5.41, 5.74) is 3.01. The van der Waals surface area contributed by atoms with E-state index in [0.29, 0.717) is 53.3 Å². The summed E-state index contributed by atoms with van der Waals surface area (Å²) in [6.45, 7) is 0.537. The molecule has 3 aromatic carbocycles. The van der Waals surface area contributed by atoms with Crippen LogP contribution in [0.4, 0.5) is 24.8 Å². The minimum Gasteiger partial charge on any atom is -0.497 e. The number of nitrogens with one attached hydrogen (secondary N) is 2. The zero-order valence-corrected chi connectivity index (χ0v) is 30.4. The van der Waals surface area contributed by atoms with Crippen LogP contribution in [-0.2, 0) is 28.9 Å². The lowest BCUT2D eigenvalue weighted by atomic mass is 9.91. The van der Waals surface area contributed by atoms with Gasteiger partial charge in [-0.2, -0.15) is 18.3 Å². The van der Waals surface area contributed by atoms with Crippen molar-refractivity contribution in [3.63, 3.8) is 0 Å². The van der Waals surface area contributed by atoms with Gasteiger partial charge in [-0.25, -0.2) is 9.97 Å². The molecule has 0 aliphatic heterocycles. The van der Waals surface area contributed by atoms with Gasteiger partial charge < -0.3 is 24.8 Å². The predicted octanol–water partition coefficient (Wildman–Crippen LogP) is 8.64. The van der Waals surface area contributed by atoms with Gasteiger partial charge in [0.25, 0.3) is 5.91 Å². The molecule has 1 aliphatic rings. The number of alkyl halides is 3. The fraction of sp³-hybridized carbons (Fsp3) is 0.214. The predicted molar refractivity (Wildman–Crippen MR) is 204 cm³/mol. The number of anilines is 2. The molecule has 11 nitrogen and oxygen atoms in total. The number of halogens is 3. The number of nitrogens with zero attached hydrogens (tertiary/aromatic N) is 4. The third kappa shape index (κ3) is 8.33. The first-order chi connectivity index (χ1) is 27.1. The van der Waals surface area contributed by atoms with Crippen molar-refractivity contribution in [2.24, 2.45) is 5.92 Å². The summed E-state index contributed by atoms with van der Waals surface area (Å²) >= 11 is 0. The van der Waals surface area contributed by atoms with E-state index in [1.54, 1.807) is 50.7 Å². The van der Waals surface area contributed by atoms with Crippen molar-refractivity contribution in [3.8, 4) is 22.8 Å². The average Bonchev–Trinajstić information content (AvgIpc) is 3.62. The molecule has 0 saturated carbocycles. The SMILES string of the molecule is COc1ccc(CNc2nccc3c2c(-c2ccc(C(=O)Nc4cc(C(F)(F)F)ccn4)cc2)nn3[C@@H]2C=CC[C@@H](C(=O)OCc3ccccc3)C2)c(OC)c1. The van der Waals surface area contributed by atoms with E-state index in [-0.39, 0.29) is 35.9 Å². The van der Waals surface area contributed by atoms with Crippen molar-refractivity contribution in [1.82, 2.24) is 19.7 Å². The maximum absolute atomic E-state index is 13.3. The van der Waals surface area contributed by atoms with Crippen LogP contribution >= 0.6 is 0 Å². The van der Waals surface area contributed by atoms with E-state index in [9.17, 15) is 22.8 Å². The Hall–Kier alpha value is -6.70. The van der Waals surface area contributed by atoms with Crippen LogP contribution in [0.3, 0.4) is 0 Å². The van der Waals surface area contributed by atoms with Gasteiger partial charge in [0.1, 0.15) is 35.4 Å². The lowest BCUT2D eigenvalue weighted by molar-refractivity contribution is -0.150. The highest BCUT2D eigenvalue weighted by molar-refractivity contribution is 6.05. The number of hydrogen-bond acceptors (Lipinski definition) is 9. The van der Waals surface area contributed by atoms with Gasteiger partial charge in [-0.3, -0.25) is 14.3 Å². The molecule has 0 spiro atoms. The summed E-state index contributed by atoms with van der Waals surface area (Å²) in [6.07, 6.45) is 3.08. The summed E-state index contributed by atoms with van der Waals surface area (Å²) in [5, 5.41) is 11.7. The van der Waals surface area contributed by atoms with Gasteiger partial charge in [0.2, 0.25) is 0 Å². The van der Waals surface area contributed by atoms with Gasteiger partial charge in [0.05, 0.1) is 42.6 Å². The van der Waals surface area contributed by atoms with Crippen LogP contribution in [0.2, 0.25) is 0 Å². The first-order valence-corrected chi connectivity index (χ1v) is 17.8. The average molecular weight is 763 g/mol. The number of allylic oxidation sites excluding steroid dienone is 2. The number of amides is 1. The van der Waals surface area contributed by atoms with Crippen LogP contribution in [0.5, 0.6) is 11.5 Å². The molecule has 0 radical (unpaired) electrons. The van der Waals surface area contributed by atoms with Crippen molar-refractivity contribution < 1.29 is 37.0 Å². The highest BCUT2D eigenvalue weighted by Crippen LogP contribution is 2.38. The minimum atomic E-state index is -4.58. The molecule has 7 rings (SSSR count). The zero-order valence-electron chi connectivity index (χ0n) is 30.4. The van der Waals surface area contributed by atoms with Crippen molar-refractivity contribution in [2.45, 2.75) is 38.2 Å². The Bertz CT molecular complexity index is 2380. The van der Waals surface area contributed by atoms with Gasteiger partial charge in [0.15, 0.2) is 0 Å². The number of fused-ring (bicyclic) bond motifs is 1. The molecule has 0 bridgehead atoms. The molecule has 3 aromatic heterocycles. The van der Waals surface area contributed by atoms with Crippen LogP contribution < -0.4 is 20.1 Å². The zero-order chi connectivity index (χ0) is 39.2. The molecule has 1 amide bonds. The number of ether oxygens (including phenoxy) is 3. The van der Waals surface area contributed by atoms with Crippen molar-refractivity contribution in [2.75, 3.05) is 24.9 Å². The number of pyridine rings is 2. The number of carbonyl (C=O) groups is 2. The number of esters is 1. The largest absolute Gasteiger partial charge is 0.497 e. The van der Waals surface area contributed by atoms with Gasteiger partial charge in [-0.1, -0.05) is 54.6 Å². The lowest BCUT2D eigenvalue weighted by Crippen LogP contribution is -2.24. The first-order valence-electron chi connectivity index (χ1n) is 17.8. The molecule has 0 unspecified atom stereocenters. The Balaban J connectivity index is 1.20. The Morgan fingerprint density at radius 3 is 2.45 bits per heavy atom. The standard InChI is InChI=1S/C42H37F3N6O5/c1-54-33-16-15-30(35(23-33)55-2)24-48-39-37-34(18-20-47-39)51(32-10-6-9-29(21-32)41(53)56-25-26-7-4-3-5-8-26)50-38(37)27-11-13-28(14-12-27)40(52)49-36-22-31(17-19-46-36)42(43,44)45/h3-8,10-20,22-23,29,32H,9,21,24-25H2,1-2H3,(H,47,48)(H,46,49,52)/t29-,32-/m1/s1. The fourth-order valence-electron chi connectivity index (χ4n) is 6.58. The fourth-order valence-corrected chi connectivity index (χ4v) is 6.58. The lowest BCUT2D eigenvalue weighted by Gasteiger charge is -2.24. The Labute approximate surface area is 320 Å². The van der Waals surface area contributed by atoms with Gasteiger partial charge >= 0.3 is 12.1 Å². The van der Waals surface area contributed by atoms with Gasteiger partial charge in [0, 0.05) is 41.7 Å². The highest BCUT2D eigenvalue weighted by Gasteiger charge is 2.31. The quantitative estimate of drug-likeness (QED) is 0.0930. The van der Waals surface area contributed by atoms with Crippen LogP contribution in [0.25, 0.3) is 22.2 Å². The highest BCUT2D eigenvalue weighted by atomic mass is 19.4. The van der Waals surface area contributed by atoms with Crippen LogP contribution in [-0.4, -0.2) is 45.8 Å². The van der Waals surface area contributed by atoms with Crippen LogP contribution in [0.15, 0.2) is 116 Å². The summed E-state index contributed by atoms with van der Waals surface area (Å²) in [7, 11) is 3.17. The molecule has 286 valence electrons. The summed E-state index contributed by atoms with van der Waals surface area (Å²) < 4.78 is 58.3. The maximum atomic E-state index is 13.3. The van der Waals surface area contributed by atoms with E-state index in [1.165, 1.54) is 0 Å². The molecule has 1 aliphatic carbocycles. The number of carbonyl (C=O) groups excluding carboxylic acids is 2. The molecule has 2 N–H and O–H groups in total. The van der Waals surface area contributed by atoms with Gasteiger partial charge in [-0.05, 0) is 60.9 Å². The maximum Gasteiger partial charge on any atom is 0.416 e. The number of benzene rings is 3. The van der Waals surface area contributed by atoms with Crippen molar-refractivity contribution in [1.29, 1.82) is 0 Å². The second-order valence-corrected chi connectivity index (χ2v) is 13.1. The Morgan fingerprint density at radius 2 is 1.70 bits per heavy atom. The summed E-state index contributed by atoms with van der Waals surface area (Å²) in [5.74, 6) is 0.296. The van der Waals surface area contributed by atoms with Gasteiger partial charge in [-0.15, -0.1) is 0 Å². The number of methoxy groups -OCH3 is 2. The van der Waals surface area contributed by atoms with Crippen molar-refractivity contribution in [3.05, 3.63) is 138 Å². The molecule has 0 fully saturated rings. The van der Waals surface area contributed by atoms with Crippen LogP contribution in [0.1, 0.15) is 45.9 Å². The van der Waals surface area contributed by atoms with E-state index in [2.05, 4.69) is 15.6 Å². The molecule has 56 heavy (non-hydrogen) atoms. The van der Waals surface area contributed by atoms with E-state index in [0.717, 1.165) is 35.0 Å². The smallest absolute Gasteiger partial charge is 0.416 e. The first kappa shape index (κ1) is 37.6. The van der Waals surface area contributed by atoms with E-state index in [4.69, 9.17) is 24.3 Å².